The number of hydrogen-bond acceptors (Lipinski definition) is 4. The van der Waals surface area contributed by atoms with Gasteiger partial charge in [0.1, 0.15) is 5.69 Å². The largest absolute Gasteiger partial charge is 0.340 e. The fourth-order valence-electron chi connectivity index (χ4n) is 3.94. The molecule has 26 heavy (non-hydrogen) atoms. The number of likely N-dealkylation sites (tertiary alicyclic amines) is 1. The lowest BCUT2D eigenvalue weighted by molar-refractivity contribution is 0.0640. The Labute approximate surface area is 155 Å². The molecule has 0 aromatic carbocycles. The molecule has 0 radical (unpaired) electrons. The first-order valence-electron chi connectivity index (χ1n) is 9.36. The summed E-state index contributed by atoms with van der Waals surface area (Å²) in [5, 5.41) is 11.5. The number of amides is 1. The number of aromatic nitrogens is 4. The Balaban J connectivity index is 1.73. The summed E-state index contributed by atoms with van der Waals surface area (Å²) >= 11 is 0. The molecular formula is C19H30N6O. The molecule has 1 amide bonds. The summed E-state index contributed by atoms with van der Waals surface area (Å²) < 4.78 is 1.85. The van der Waals surface area contributed by atoms with Gasteiger partial charge in [-0.2, -0.15) is 10.2 Å². The summed E-state index contributed by atoms with van der Waals surface area (Å²) in [6.45, 7) is 5.96. The van der Waals surface area contributed by atoms with Crippen LogP contribution in [0.1, 0.15) is 60.4 Å². The Bertz CT molecular complexity index is 749. The number of carbonyl (C=O) groups is 1. The molecule has 3 rings (SSSR count). The Morgan fingerprint density at radius 1 is 1.42 bits per heavy atom. The van der Waals surface area contributed by atoms with E-state index in [0.717, 1.165) is 25.1 Å². The Hall–Kier alpha value is -2.15. The number of piperidine rings is 1. The van der Waals surface area contributed by atoms with Gasteiger partial charge in [-0.15, -0.1) is 0 Å². The van der Waals surface area contributed by atoms with Crippen molar-refractivity contribution in [3.63, 3.8) is 0 Å². The van der Waals surface area contributed by atoms with E-state index < -0.39 is 0 Å². The fourth-order valence-corrected chi connectivity index (χ4v) is 3.94. The molecule has 3 heterocycles. The molecule has 1 fully saturated rings. The number of aryl methyl sites for hydroxylation is 1. The zero-order valence-corrected chi connectivity index (χ0v) is 16.4. The molecule has 0 aliphatic carbocycles. The van der Waals surface area contributed by atoms with E-state index in [4.69, 9.17) is 0 Å². The van der Waals surface area contributed by atoms with Gasteiger partial charge in [0.15, 0.2) is 0 Å². The van der Waals surface area contributed by atoms with Crippen molar-refractivity contribution in [1.82, 2.24) is 29.8 Å². The van der Waals surface area contributed by atoms with Crippen molar-refractivity contribution >= 4 is 5.91 Å². The highest BCUT2D eigenvalue weighted by atomic mass is 16.2. The molecule has 0 spiro atoms. The number of H-pyrrole nitrogens is 1. The molecule has 0 unspecified atom stereocenters. The molecular weight excluding hydrogens is 328 g/mol. The van der Waals surface area contributed by atoms with Crippen LogP contribution >= 0.6 is 0 Å². The summed E-state index contributed by atoms with van der Waals surface area (Å²) in [6, 6.07) is 2.16. The zero-order chi connectivity index (χ0) is 18.8. The minimum Gasteiger partial charge on any atom is -0.340 e. The van der Waals surface area contributed by atoms with Crippen molar-refractivity contribution < 1.29 is 4.79 Å². The number of carbonyl (C=O) groups excluding carboxylic acids is 1. The molecule has 1 aliphatic heterocycles. The van der Waals surface area contributed by atoms with E-state index in [0.29, 0.717) is 24.1 Å². The van der Waals surface area contributed by atoms with Crippen LogP contribution in [0.25, 0.3) is 0 Å². The summed E-state index contributed by atoms with van der Waals surface area (Å²) in [7, 11) is 5.98. The average molecular weight is 358 g/mol. The third-order valence-electron chi connectivity index (χ3n) is 5.37. The second kappa shape index (κ2) is 7.61. The first kappa shape index (κ1) is 18.6. The predicted octanol–water partition coefficient (Wildman–Crippen LogP) is 2.42. The van der Waals surface area contributed by atoms with Gasteiger partial charge in [0.05, 0.1) is 6.20 Å². The lowest BCUT2D eigenvalue weighted by atomic mass is 9.85. The number of nitrogens with one attached hydrogen (secondary N) is 1. The lowest BCUT2D eigenvalue weighted by Crippen LogP contribution is -2.42. The topological polar surface area (TPSA) is 70.1 Å². The van der Waals surface area contributed by atoms with Gasteiger partial charge in [-0.1, -0.05) is 13.8 Å². The van der Waals surface area contributed by atoms with Crippen LogP contribution in [0.15, 0.2) is 18.5 Å². The average Bonchev–Trinajstić information content (AvgIpc) is 3.23. The third-order valence-corrected chi connectivity index (χ3v) is 5.37. The van der Waals surface area contributed by atoms with E-state index in [-0.39, 0.29) is 11.9 Å². The highest BCUT2D eigenvalue weighted by molar-refractivity contribution is 5.92. The van der Waals surface area contributed by atoms with Crippen molar-refractivity contribution in [1.29, 1.82) is 0 Å². The van der Waals surface area contributed by atoms with Crippen molar-refractivity contribution in [2.24, 2.45) is 13.0 Å². The van der Waals surface area contributed by atoms with Crippen molar-refractivity contribution in [2.45, 2.75) is 38.6 Å². The Kier molecular flexibility index (Phi) is 5.46. The quantitative estimate of drug-likeness (QED) is 0.891. The Morgan fingerprint density at radius 2 is 2.19 bits per heavy atom. The van der Waals surface area contributed by atoms with Gasteiger partial charge in [0, 0.05) is 44.1 Å². The molecule has 7 nitrogen and oxygen atoms in total. The normalized spacial score (nSPS) is 21.3. The molecule has 142 valence electrons. The molecule has 2 atom stereocenters. The minimum atomic E-state index is -0.0219. The first-order valence-corrected chi connectivity index (χ1v) is 9.36. The van der Waals surface area contributed by atoms with Crippen molar-refractivity contribution in [3.05, 3.63) is 35.4 Å². The standard InChI is InChI=1S/C19H30N6O/c1-13(2)16-9-17(22-21-16)19(26)24(4)11-14-7-6-8-23(3)18(14)15-10-20-25(5)12-15/h9-10,12-14,18H,6-8,11H2,1-5H3,(H,21,22)/t14-,18+/m0/s1. The van der Waals surface area contributed by atoms with Gasteiger partial charge < -0.3 is 4.90 Å². The van der Waals surface area contributed by atoms with E-state index in [1.54, 1.807) is 0 Å². The maximum Gasteiger partial charge on any atom is 0.274 e. The Morgan fingerprint density at radius 3 is 2.81 bits per heavy atom. The minimum absolute atomic E-state index is 0.0219. The SMILES string of the molecule is CC(C)c1cc(C(=O)N(C)C[C@@H]2CCCN(C)[C@H]2c2cnn(C)c2)n[nH]1. The van der Waals surface area contributed by atoms with Crippen LogP contribution < -0.4 is 0 Å². The third kappa shape index (κ3) is 3.82. The van der Waals surface area contributed by atoms with Gasteiger partial charge in [-0.05, 0) is 44.3 Å². The summed E-state index contributed by atoms with van der Waals surface area (Å²) in [4.78, 5) is 17.0. The summed E-state index contributed by atoms with van der Waals surface area (Å²) in [5.41, 5.74) is 2.72. The van der Waals surface area contributed by atoms with Crippen LogP contribution in [0.5, 0.6) is 0 Å². The van der Waals surface area contributed by atoms with Gasteiger partial charge in [0.25, 0.3) is 5.91 Å². The van der Waals surface area contributed by atoms with Gasteiger partial charge in [-0.3, -0.25) is 19.5 Å². The smallest absolute Gasteiger partial charge is 0.274 e. The van der Waals surface area contributed by atoms with Gasteiger partial charge in [-0.25, -0.2) is 0 Å². The van der Waals surface area contributed by atoms with E-state index in [2.05, 4.69) is 47.3 Å². The highest BCUT2D eigenvalue weighted by Gasteiger charge is 2.33. The molecule has 1 saturated heterocycles. The van der Waals surface area contributed by atoms with Gasteiger partial charge >= 0.3 is 0 Å². The van der Waals surface area contributed by atoms with Gasteiger partial charge in [0.2, 0.25) is 0 Å². The number of rotatable bonds is 5. The molecule has 1 aliphatic rings. The molecule has 0 saturated carbocycles. The van der Waals surface area contributed by atoms with E-state index in [1.165, 1.54) is 5.56 Å². The first-order chi connectivity index (χ1) is 12.4. The predicted molar refractivity (Wildman–Crippen MR) is 101 cm³/mol. The van der Waals surface area contributed by atoms with E-state index >= 15 is 0 Å². The monoisotopic (exact) mass is 358 g/mol. The molecule has 0 bridgehead atoms. The van der Waals surface area contributed by atoms with Crippen LogP contribution in [0.4, 0.5) is 0 Å². The number of aromatic amines is 1. The summed E-state index contributed by atoms with van der Waals surface area (Å²) in [6.07, 6.45) is 6.30. The van der Waals surface area contributed by atoms with E-state index in [9.17, 15) is 4.79 Å². The zero-order valence-electron chi connectivity index (χ0n) is 16.4. The lowest BCUT2D eigenvalue weighted by Gasteiger charge is -2.40. The highest BCUT2D eigenvalue weighted by Crippen LogP contribution is 2.35. The van der Waals surface area contributed by atoms with Crippen LogP contribution in [0.3, 0.4) is 0 Å². The fraction of sp³-hybridized carbons (Fsp3) is 0.632. The van der Waals surface area contributed by atoms with E-state index in [1.807, 2.05) is 35.9 Å². The van der Waals surface area contributed by atoms with Crippen molar-refractivity contribution in [3.8, 4) is 0 Å². The van der Waals surface area contributed by atoms with Crippen LogP contribution in [-0.2, 0) is 7.05 Å². The van der Waals surface area contributed by atoms with Crippen LogP contribution in [-0.4, -0.2) is 62.9 Å². The molecule has 2 aromatic heterocycles. The summed E-state index contributed by atoms with van der Waals surface area (Å²) in [5.74, 6) is 0.693. The van der Waals surface area contributed by atoms with Crippen LogP contribution in [0.2, 0.25) is 0 Å². The maximum absolute atomic E-state index is 12.8. The number of nitrogens with zero attached hydrogens (tertiary/aromatic N) is 5. The van der Waals surface area contributed by atoms with Crippen LogP contribution in [0, 0.1) is 5.92 Å². The second-order valence-corrected chi connectivity index (χ2v) is 7.82. The second-order valence-electron chi connectivity index (χ2n) is 7.82. The molecule has 1 N–H and O–H groups in total. The maximum atomic E-state index is 12.8. The molecule has 7 heteroatoms. The number of hydrogen-bond donors (Lipinski definition) is 1. The van der Waals surface area contributed by atoms with Crippen molar-refractivity contribution in [2.75, 3.05) is 27.2 Å². The molecule has 2 aromatic rings.